The first kappa shape index (κ1) is 29.1. The van der Waals surface area contributed by atoms with Gasteiger partial charge in [0, 0.05) is 28.6 Å². The fourth-order valence-corrected chi connectivity index (χ4v) is 8.38. The Labute approximate surface area is 265 Å². The zero-order valence-electron chi connectivity index (χ0n) is 24.3. The third-order valence-corrected chi connectivity index (χ3v) is 10.5. The van der Waals surface area contributed by atoms with E-state index in [1.165, 1.54) is 35.8 Å². The maximum atomic E-state index is 14.9. The molecule has 6 aromatic rings. The summed E-state index contributed by atoms with van der Waals surface area (Å²) in [5, 5.41) is 13.1. The van der Waals surface area contributed by atoms with Gasteiger partial charge in [-0.25, -0.2) is 19.2 Å². The van der Waals surface area contributed by atoms with Crippen molar-refractivity contribution in [2.75, 3.05) is 7.11 Å². The van der Waals surface area contributed by atoms with E-state index in [2.05, 4.69) is 4.98 Å². The molecular weight excluding hydrogens is 612 g/mol. The first-order valence-electron chi connectivity index (χ1n) is 14.7. The molecule has 0 spiro atoms. The molecule has 8 nitrogen and oxygen atoms in total. The molecule has 1 atom stereocenters. The molecule has 1 aliphatic rings. The molecule has 3 N–H and O–H groups in total. The van der Waals surface area contributed by atoms with Crippen molar-refractivity contribution < 1.29 is 23.8 Å². The number of carboxylic acids is 1. The number of benzene rings is 2. The highest BCUT2D eigenvalue weighted by Crippen LogP contribution is 2.49. The van der Waals surface area contributed by atoms with Crippen LogP contribution in [0.1, 0.15) is 64.3 Å². The predicted molar refractivity (Wildman–Crippen MR) is 175 cm³/mol. The van der Waals surface area contributed by atoms with E-state index in [0.29, 0.717) is 33.0 Å². The summed E-state index contributed by atoms with van der Waals surface area (Å²) in [6.07, 6.45) is 6.88. The number of halogens is 1. The normalized spacial score (nSPS) is 14.6. The summed E-state index contributed by atoms with van der Waals surface area (Å²) < 4.78 is 22.8. The van der Waals surface area contributed by atoms with Crippen LogP contribution in [0.25, 0.3) is 43.6 Å². The number of carbonyl (C=O) groups is 2. The molecule has 1 amide bonds. The topological polar surface area (TPSA) is 120 Å². The Morgan fingerprint density at radius 1 is 1.09 bits per heavy atom. The summed E-state index contributed by atoms with van der Waals surface area (Å²) in [6, 6.07) is 15.0. The standard InChI is InChI=1S/C34H29FN4O4S2/c1-43-21-9-10-22(23(35)16-21)25-12-7-19-15-20(8-11-24(19)38-25)29-28(18-5-3-2-4-6-18)31-26(17-27(45-31)34(41)42)39(29)30(32(36)40)33-37-13-14-44-33/h7-18,30H,2-6H2,1H3,(H2,36,40)(H,41,42). The van der Waals surface area contributed by atoms with E-state index in [4.69, 9.17) is 15.5 Å². The number of thiazole rings is 1. The highest BCUT2D eigenvalue weighted by Gasteiger charge is 2.34. The van der Waals surface area contributed by atoms with E-state index in [9.17, 15) is 19.1 Å². The minimum Gasteiger partial charge on any atom is -0.497 e. The van der Waals surface area contributed by atoms with Crippen molar-refractivity contribution in [2.45, 2.75) is 44.1 Å². The highest BCUT2D eigenvalue weighted by molar-refractivity contribution is 7.21. The molecule has 45 heavy (non-hydrogen) atoms. The largest absolute Gasteiger partial charge is 0.497 e. The minimum absolute atomic E-state index is 0.192. The summed E-state index contributed by atoms with van der Waals surface area (Å²) >= 11 is 2.58. The minimum atomic E-state index is -1.01. The molecule has 0 aliphatic heterocycles. The van der Waals surface area contributed by atoms with Crippen molar-refractivity contribution in [2.24, 2.45) is 5.73 Å². The predicted octanol–water partition coefficient (Wildman–Crippen LogP) is 8.01. The van der Waals surface area contributed by atoms with Gasteiger partial charge in [-0.3, -0.25) is 4.79 Å². The van der Waals surface area contributed by atoms with Crippen LogP contribution in [0.15, 0.2) is 66.2 Å². The van der Waals surface area contributed by atoms with Gasteiger partial charge in [-0.15, -0.1) is 22.7 Å². The van der Waals surface area contributed by atoms with Gasteiger partial charge in [0.2, 0.25) is 5.91 Å². The number of hydrogen-bond donors (Lipinski definition) is 2. The van der Waals surface area contributed by atoms with Gasteiger partial charge < -0.3 is 20.1 Å². The summed E-state index contributed by atoms with van der Waals surface area (Å²) in [5.74, 6) is -1.38. The van der Waals surface area contributed by atoms with Crippen LogP contribution in [0.4, 0.5) is 4.39 Å². The molecule has 228 valence electrons. The smallest absolute Gasteiger partial charge is 0.345 e. The van der Waals surface area contributed by atoms with Gasteiger partial charge in [-0.2, -0.15) is 0 Å². The van der Waals surface area contributed by atoms with Crippen LogP contribution in [0, 0.1) is 5.82 Å². The average molecular weight is 641 g/mol. The first-order valence-corrected chi connectivity index (χ1v) is 16.4. The maximum absolute atomic E-state index is 14.9. The Morgan fingerprint density at radius 3 is 2.60 bits per heavy atom. The van der Waals surface area contributed by atoms with Gasteiger partial charge in [-0.1, -0.05) is 31.4 Å². The molecular formula is C34H29FN4O4S2. The van der Waals surface area contributed by atoms with E-state index in [1.807, 2.05) is 28.8 Å². The fraction of sp³-hybridized carbons (Fsp3) is 0.235. The van der Waals surface area contributed by atoms with Crippen molar-refractivity contribution in [1.29, 1.82) is 0 Å². The lowest BCUT2D eigenvalue weighted by Crippen LogP contribution is -2.28. The fourth-order valence-electron chi connectivity index (χ4n) is 6.53. The Balaban J connectivity index is 1.46. The Kier molecular flexibility index (Phi) is 7.58. The van der Waals surface area contributed by atoms with E-state index in [0.717, 1.165) is 59.0 Å². The average Bonchev–Trinajstić information content (AvgIpc) is 3.79. The first-order chi connectivity index (χ1) is 21.8. The van der Waals surface area contributed by atoms with Crippen LogP contribution >= 0.6 is 22.7 Å². The van der Waals surface area contributed by atoms with Crippen LogP contribution in [0.2, 0.25) is 0 Å². The van der Waals surface area contributed by atoms with Crippen LogP contribution in [0.3, 0.4) is 0 Å². The number of pyridine rings is 1. The summed E-state index contributed by atoms with van der Waals surface area (Å²) in [4.78, 5) is 34.8. The number of carbonyl (C=O) groups excluding carboxylic acids is 1. The maximum Gasteiger partial charge on any atom is 0.345 e. The van der Waals surface area contributed by atoms with Crippen molar-refractivity contribution >= 4 is 55.7 Å². The van der Waals surface area contributed by atoms with E-state index >= 15 is 0 Å². The second-order valence-electron chi connectivity index (χ2n) is 11.2. The number of fused-ring (bicyclic) bond motifs is 2. The van der Waals surface area contributed by atoms with Gasteiger partial charge in [0.15, 0.2) is 6.04 Å². The number of aromatic nitrogens is 3. The van der Waals surface area contributed by atoms with E-state index in [1.54, 1.807) is 35.8 Å². The summed E-state index contributed by atoms with van der Waals surface area (Å²) in [7, 11) is 1.49. The zero-order chi connectivity index (χ0) is 31.2. The molecule has 7 rings (SSSR count). The lowest BCUT2D eigenvalue weighted by molar-refractivity contribution is -0.119. The molecule has 1 aliphatic carbocycles. The number of primary amides is 1. The molecule has 0 saturated heterocycles. The third-order valence-electron chi connectivity index (χ3n) is 8.56. The molecule has 4 aromatic heterocycles. The van der Waals surface area contributed by atoms with Crippen LogP contribution in [-0.4, -0.2) is 38.6 Å². The number of ether oxygens (including phenoxy) is 1. The number of thiophene rings is 1. The van der Waals surface area contributed by atoms with Gasteiger partial charge >= 0.3 is 5.97 Å². The third kappa shape index (κ3) is 5.15. The van der Waals surface area contributed by atoms with Gasteiger partial charge in [0.25, 0.3) is 0 Å². The number of carboxylic acid groups (broad SMARTS) is 1. The number of hydrogen-bond acceptors (Lipinski definition) is 7. The molecule has 1 fully saturated rings. The van der Waals surface area contributed by atoms with E-state index < -0.39 is 23.7 Å². The van der Waals surface area contributed by atoms with Gasteiger partial charge in [0.1, 0.15) is 21.5 Å². The molecule has 0 bridgehead atoms. The monoisotopic (exact) mass is 640 g/mol. The van der Waals surface area contributed by atoms with Crippen LogP contribution in [0.5, 0.6) is 5.75 Å². The van der Waals surface area contributed by atoms with Crippen molar-refractivity contribution in [3.05, 3.63) is 87.4 Å². The number of nitrogens with two attached hydrogens (primary N) is 1. The zero-order valence-corrected chi connectivity index (χ0v) is 26.0. The SMILES string of the molecule is COc1ccc(-c2ccc3cc(-c4c(C5CCCCC5)c5sc(C(=O)O)cc5n4C(C(N)=O)c4nccs4)ccc3n2)c(F)c1. The number of rotatable bonds is 8. The molecule has 1 saturated carbocycles. The number of nitrogens with zero attached hydrogens (tertiary/aromatic N) is 3. The Morgan fingerprint density at radius 2 is 1.91 bits per heavy atom. The number of aromatic carboxylic acids is 1. The van der Waals surface area contributed by atoms with Crippen molar-refractivity contribution in [3.63, 3.8) is 0 Å². The van der Waals surface area contributed by atoms with Crippen molar-refractivity contribution in [1.82, 2.24) is 14.5 Å². The molecule has 11 heteroatoms. The lowest BCUT2D eigenvalue weighted by atomic mass is 9.83. The second-order valence-corrected chi connectivity index (χ2v) is 13.2. The molecule has 0 radical (unpaired) electrons. The van der Waals surface area contributed by atoms with Crippen LogP contribution < -0.4 is 10.5 Å². The van der Waals surface area contributed by atoms with Crippen molar-refractivity contribution in [3.8, 4) is 28.3 Å². The number of amides is 1. The lowest BCUT2D eigenvalue weighted by Gasteiger charge is -2.25. The molecule has 2 aromatic carbocycles. The number of methoxy groups -OCH3 is 1. The summed E-state index contributed by atoms with van der Waals surface area (Å²) in [6.45, 7) is 0. The molecule has 1 unspecified atom stereocenters. The Hall–Kier alpha value is -4.61. The molecule has 4 heterocycles. The van der Waals surface area contributed by atoms with Crippen LogP contribution in [-0.2, 0) is 4.79 Å². The quantitative estimate of drug-likeness (QED) is 0.174. The van der Waals surface area contributed by atoms with E-state index in [-0.39, 0.29) is 10.8 Å². The highest BCUT2D eigenvalue weighted by atomic mass is 32.1. The van der Waals surface area contributed by atoms with Gasteiger partial charge in [0.05, 0.1) is 34.2 Å². The van der Waals surface area contributed by atoms with Gasteiger partial charge in [-0.05, 0) is 66.3 Å². The Bertz CT molecular complexity index is 2080. The second kappa shape index (κ2) is 11.7. The summed E-state index contributed by atoms with van der Waals surface area (Å²) in [5.41, 5.74) is 11.1.